The summed E-state index contributed by atoms with van der Waals surface area (Å²) in [6, 6.07) is 0.181. The number of aryl methyl sites for hydroxylation is 1. The van der Waals surface area contributed by atoms with Crippen LogP contribution in [0.2, 0.25) is 0 Å². The predicted molar refractivity (Wildman–Crippen MR) is 80.0 cm³/mol. The number of nitrogens with zero attached hydrogens (tertiary/aromatic N) is 2. The Morgan fingerprint density at radius 3 is 2.27 bits per heavy atom. The SMILES string of the molecule is CC(C)[C@@H](NC(=O)c1cc(S(=O)(=O)N(C)C)cn1C)C(=O)O. The lowest BCUT2D eigenvalue weighted by atomic mass is 10.0. The van der Waals surface area contributed by atoms with Gasteiger partial charge in [0.05, 0.1) is 0 Å². The van der Waals surface area contributed by atoms with Crippen molar-refractivity contribution in [1.82, 2.24) is 14.2 Å². The quantitative estimate of drug-likeness (QED) is 0.769. The van der Waals surface area contributed by atoms with Gasteiger partial charge in [-0.25, -0.2) is 17.5 Å². The maximum Gasteiger partial charge on any atom is 0.326 e. The first kappa shape index (κ1) is 18.2. The zero-order chi connectivity index (χ0) is 17.2. The largest absolute Gasteiger partial charge is 0.480 e. The molecule has 9 heteroatoms. The summed E-state index contributed by atoms with van der Waals surface area (Å²) in [6.07, 6.45) is 1.31. The third-order valence-electron chi connectivity index (χ3n) is 3.21. The van der Waals surface area contributed by atoms with E-state index >= 15 is 0 Å². The summed E-state index contributed by atoms with van der Waals surface area (Å²) in [7, 11) is 0.646. The summed E-state index contributed by atoms with van der Waals surface area (Å²) in [5.41, 5.74) is 0.0762. The van der Waals surface area contributed by atoms with E-state index in [9.17, 15) is 18.0 Å². The number of nitrogens with one attached hydrogen (secondary N) is 1. The van der Waals surface area contributed by atoms with Crippen LogP contribution < -0.4 is 5.32 Å². The smallest absolute Gasteiger partial charge is 0.326 e. The molecule has 1 rings (SSSR count). The molecule has 1 aromatic heterocycles. The minimum Gasteiger partial charge on any atom is -0.480 e. The van der Waals surface area contributed by atoms with Crippen molar-refractivity contribution in [3.8, 4) is 0 Å². The number of hydrogen-bond acceptors (Lipinski definition) is 4. The van der Waals surface area contributed by atoms with Crippen LogP contribution in [0, 0.1) is 5.92 Å². The van der Waals surface area contributed by atoms with Gasteiger partial charge in [0, 0.05) is 27.3 Å². The number of carboxylic acid groups (broad SMARTS) is 1. The summed E-state index contributed by atoms with van der Waals surface area (Å²) >= 11 is 0. The van der Waals surface area contributed by atoms with Crippen molar-refractivity contribution in [2.24, 2.45) is 13.0 Å². The van der Waals surface area contributed by atoms with E-state index in [1.807, 2.05) is 0 Å². The van der Waals surface area contributed by atoms with Crippen molar-refractivity contribution in [2.45, 2.75) is 24.8 Å². The fraction of sp³-hybridized carbons (Fsp3) is 0.538. The highest BCUT2D eigenvalue weighted by molar-refractivity contribution is 7.89. The van der Waals surface area contributed by atoms with E-state index in [4.69, 9.17) is 5.11 Å². The molecule has 0 fully saturated rings. The van der Waals surface area contributed by atoms with Crippen molar-refractivity contribution in [2.75, 3.05) is 14.1 Å². The lowest BCUT2D eigenvalue weighted by Crippen LogP contribution is -2.44. The Balaban J connectivity index is 3.11. The Hall–Kier alpha value is -1.87. The highest BCUT2D eigenvalue weighted by atomic mass is 32.2. The van der Waals surface area contributed by atoms with Gasteiger partial charge in [-0.15, -0.1) is 0 Å². The van der Waals surface area contributed by atoms with E-state index < -0.39 is 27.9 Å². The first-order valence-electron chi connectivity index (χ1n) is 6.61. The summed E-state index contributed by atoms with van der Waals surface area (Å²) in [5.74, 6) is -2.07. The van der Waals surface area contributed by atoms with Gasteiger partial charge in [0.1, 0.15) is 16.6 Å². The maximum atomic E-state index is 12.2. The molecule has 22 heavy (non-hydrogen) atoms. The highest BCUT2D eigenvalue weighted by Gasteiger charge is 2.27. The van der Waals surface area contributed by atoms with Crippen molar-refractivity contribution in [3.05, 3.63) is 18.0 Å². The number of sulfonamides is 1. The lowest BCUT2D eigenvalue weighted by Gasteiger charge is -2.17. The molecule has 8 nitrogen and oxygen atoms in total. The Bertz CT molecular complexity index is 676. The van der Waals surface area contributed by atoms with Gasteiger partial charge < -0.3 is 15.0 Å². The molecule has 1 atom stereocenters. The molecule has 0 saturated carbocycles. The monoisotopic (exact) mass is 331 g/mol. The molecule has 0 aromatic carbocycles. The molecule has 124 valence electrons. The maximum absolute atomic E-state index is 12.2. The van der Waals surface area contributed by atoms with Gasteiger partial charge in [-0.3, -0.25) is 4.79 Å². The number of carbonyl (C=O) groups is 2. The van der Waals surface area contributed by atoms with Crippen molar-refractivity contribution >= 4 is 21.9 Å². The molecule has 1 heterocycles. The van der Waals surface area contributed by atoms with Crippen molar-refractivity contribution < 1.29 is 23.1 Å². The number of carboxylic acids is 1. The Kier molecular flexibility index (Phi) is 5.36. The van der Waals surface area contributed by atoms with Gasteiger partial charge in [0.2, 0.25) is 10.0 Å². The van der Waals surface area contributed by atoms with Gasteiger partial charge in [-0.1, -0.05) is 13.8 Å². The normalized spacial score (nSPS) is 13.4. The van der Waals surface area contributed by atoms with Gasteiger partial charge in [0.15, 0.2) is 0 Å². The van der Waals surface area contributed by atoms with E-state index in [1.165, 1.54) is 38.0 Å². The van der Waals surface area contributed by atoms with Crippen LogP contribution in [0.3, 0.4) is 0 Å². The Morgan fingerprint density at radius 2 is 1.86 bits per heavy atom. The molecular weight excluding hydrogens is 310 g/mol. The van der Waals surface area contributed by atoms with Crippen LogP contribution in [-0.2, 0) is 21.9 Å². The number of carbonyl (C=O) groups excluding carboxylic acids is 1. The average molecular weight is 331 g/mol. The molecular formula is C13H21N3O5S. The van der Waals surface area contributed by atoms with E-state index in [0.717, 1.165) is 4.31 Å². The van der Waals surface area contributed by atoms with Gasteiger partial charge in [-0.2, -0.15) is 0 Å². The molecule has 0 aliphatic heterocycles. The molecule has 0 saturated heterocycles. The predicted octanol–water partition coefficient (Wildman–Crippen LogP) is 0.114. The first-order chi connectivity index (χ1) is 9.98. The van der Waals surface area contributed by atoms with Crippen molar-refractivity contribution in [1.29, 1.82) is 0 Å². The van der Waals surface area contributed by atoms with Gasteiger partial charge in [0.25, 0.3) is 5.91 Å². The summed E-state index contributed by atoms with van der Waals surface area (Å²) in [4.78, 5) is 23.3. The van der Waals surface area contributed by atoms with Crippen molar-refractivity contribution in [3.63, 3.8) is 0 Å². The van der Waals surface area contributed by atoms with Crippen LogP contribution >= 0.6 is 0 Å². The molecule has 0 aliphatic rings. The summed E-state index contributed by atoms with van der Waals surface area (Å²) in [5, 5.41) is 11.5. The Morgan fingerprint density at radius 1 is 1.32 bits per heavy atom. The van der Waals surface area contributed by atoms with E-state index in [2.05, 4.69) is 5.32 Å². The van der Waals surface area contributed by atoms with Gasteiger partial charge in [-0.05, 0) is 12.0 Å². The highest BCUT2D eigenvalue weighted by Crippen LogP contribution is 2.17. The fourth-order valence-corrected chi connectivity index (χ4v) is 2.81. The van der Waals surface area contributed by atoms with Crippen LogP contribution in [0.25, 0.3) is 0 Å². The Labute approximate surface area is 129 Å². The molecule has 0 radical (unpaired) electrons. The van der Waals surface area contributed by atoms with Crippen LogP contribution in [0.1, 0.15) is 24.3 Å². The second kappa shape index (κ2) is 6.49. The third kappa shape index (κ3) is 3.66. The number of rotatable bonds is 6. The number of amides is 1. The zero-order valence-corrected chi connectivity index (χ0v) is 14.0. The molecule has 1 aromatic rings. The minimum absolute atomic E-state index is 0.0263. The van der Waals surface area contributed by atoms with Crippen LogP contribution in [0.4, 0.5) is 0 Å². The number of aromatic nitrogens is 1. The fourth-order valence-electron chi connectivity index (χ4n) is 1.84. The topological polar surface area (TPSA) is 109 Å². The summed E-state index contributed by atoms with van der Waals surface area (Å²) < 4.78 is 26.5. The minimum atomic E-state index is -3.66. The van der Waals surface area contributed by atoms with Gasteiger partial charge >= 0.3 is 5.97 Å². The molecule has 0 bridgehead atoms. The average Bonchev–Trinajstić information content (AvgIpc) is 2.77. The number of hydrogen-bond donors (Lipinski definition) is 2. The zero-order valence-electron chi connectivity index (χ0n) is 13.2. The first-order valence-corrected chi connectivity index (χ1v) is 8.05. The lowest BCUT2D eigenvalue weighted by molar-refractivity contribution is -0.140. The molecule has 0 spiro atoms. The van der Waals surface area contributed by atoms with E-state index in [-0.39, 0.29) is 16.5 Å². The second-order valence-electron chi connectivity index (χ2n) is 5.49. The van der Waals surface area contributed by atoms with Crippen LogP contribution in [0.5, 0.6) is 0 Å². The molecule has 1 amide bonds. The van der Waals surface area contributed by atoms with Crippen LogP contribution in [0.15, 0.2) is 17.2 Å². The summed E-state index contributed by atoms with van der Waals surface area (Å²) in [6.45, 7) is 3.35. The third-order valence-corrected chi connectivity index (χ3v) is 4.99. The molecule has 0 aliphatic carbocycles. The van der Waals surface area contributed by atoms with E-state index in [0.29, 0.717) is 0 Å². The van der Waals surface area contributed by atoms with E-state index in [1.54, 1.807) is 13.8 Å². The molecule has 2 N–H and O–H groups in total. The molecule has 0 unspecified atom stereocenters. The number of aliphatic carboxylic acids is 1. The van der Waals surface area contributed by atoms with Crippen LogP contribution in [-0.4, -0.2) is 54.4 Å². The second-order valence-corrected chi connectivity index (χ2v) is 7.64. The standard InChI is InChI=1S/C13H21N3O5S/c1-8(2)11(13(18)19)14-12(17)10-6-9(7-16(10)5)22(20,21)15(3)4/h6-8,11H,1-5H3,(H,14,17)(H,18,19)/t11-/m1/s1.